The molecule has 0 fully saturated rings. The minimum absolute atomic E-state index is 0.324. The van der Waals surface area contributed by atoms with Crippen LogP contribution in [-0.4, -0.2) is 0 Å². The molecule has 206 valence electrons. The molecule has 0 aromatic heterocycles. The summed E-state index contributed by atoms with van der Waals surface area (Å²) in [5, 5.41) is 6.05. The van der Waals surface area contributed by atoms with Gasteiger partial charge in [0.25, 0.3) is 0 Å². The Kier molecular flexibility index (Phi) is 5.33. The highest BCUT2D eigenvalue weighted by Crippen LogP contribution is 2.62. The van der Waals surface area contributed by atoms with E-state index in [2.05, 4.69) is 164 Å². The van der Waals surface area contributed by atoms with Crippen LogP contribution in [0.25, 0.3) is 50.2 Å². The lowest BCUT2D eigenvalue weighted by atomic mass is 9.70. The summed E-state index contributed by atoms with van der Waals surface area (Å²) in [5.74, 6) is 0. The lowest BCUT2D eigenvalue weighted by Gasteiger charge is -2.30. The molecule has 1 heteroatoms. The van der Waals surface area contributed by atoms with Crippen LogP contribution in [0.3, 0.4) is 0 Å². The summed E-state index contributed by atoms with van der Waals surface area (Å²) in [5.41, 5.74) is 16.2. The zero-order valence-corrected chi connectivity index (χ0v) is 24.2. The molecule has 44 heavy (non-hydrogen) atoms. The number of fused-ring (bicyclic) bond motifs is 11. The van der Waals surface area contributed by atoms with Gasteiger partial charge in [0, 0.05) is 16.8 Å². The topological polar surface area (TPSA) is 12.0 Å². The Morgan fingerprint density at radius 1 is 0.455 bits per heavy atom. The summed E-state index contributed by atoms with van der Waals surface area (Å²) in [4.78, 5) is 0. The van der Waals surface area contributed by atoms with Gasteiger partial charge < -0.3 is 5.32 Å². The predicted octanol–water partition coefficient (Wildman–Crippen LogP) is 11.2. The second-order valence-corrected chi connectivity index (χ2v) is 11.8. The SMILES string of the molecule is C=Cc1ccc(Nc2ccc(-c3ccc4c(c3)C3(c5ccccc5-c5ccccc53)c3ccccc3-4)cc2)c2ccccc12. The predicted molar refractivity (Wildman–Crippen MR) is 185 cm³/mol. The normalized spacial score (nSPS) is 13.3. The van der Waals surface area contributed by atoms with Crippen molar-refractivity contribution < 1.29 is 0 Å². The Labute approximate surface area is 257 Å². The maximum absolute atomic E-state index is 3.99. The van der Waals surface area contributed by atoms with E-state index >= 15 is 0 Å². The van der Waals surface area contributed by atoms with Crippen molar-refractivity contribution in [2.75, 3.05) is 5.32 Å². The van der Waals surface area contributed by atoms with Gasteiger partial charge in [0.2, 0.25) is 0 Å². The van der Waals surface area contributed by atoms with Crippen LogP contribution in [0.1, 0.15) is 27.8 Å². The average molecular weight is 560 g/mol. The van der Waals surface area contributed by atoms with E-state index in [1.165, 1.54) is 66.4 Å². The number of hydrogen-bond donors (Lipinski definition) is 1. The molecule has 0 unspecified atom stereocenters. The molecule has 7 aromatic carbocycles. The molecule has 0 amide bonds. The van der Waals surface area contributed by atoms with Gasteiger partial charge in [0.15, 0.2) is 0 Å². The Morgan fingerprint density at radius 2 is 0.977 bits per heavy atom. The van der Waals surface area contributed by atoms with E-state index in [0.717, 1.165) is 16.9 Å². The molecule has 0 radical (unpaired) electrons. The summed E-state index contributed by atoms with van der Waals surface area (Å²) in [6, 6.07) is 55.6. The van der Waals surface area contributed by atoms with Crippen molar-refractivity contribution in [3.63, 3.8) is 0 Å². The van der Waals surface area contributed by atoms with Crippen LogP contribution in [0.4, 0.5) is 11.4 Å². The molecule has 1 nitrogen and oxygen atoms in total. The average Bonchev–Trinajstić information content (AvgIpc) is 3.56. The fraction of sp³-hybridized carbons (Fsp3) is 0.0233. The summed E-state index contributed by atoms with van der Waals surface area (Å²) < 4.78 is 0. The first-order chi connectivity index (χ1) is 21.8. The molecule has 0 saturated heterocycles. The first-order valence-corrected chi connectivity index (χ1v) is 15.2. The van der Waals surface area contributed by atoms with Crippen LogP contribution in [0.15, 0.2) is 158 Å². The van der Waals surface area contributed by atoms with Gasteiger partial charge in [-0.25, -0.2) is 0 Å². The largest absolute Gasteiger partial charge is 0.355 e. The van der Waals surface area contributed by atoms with Crippen molar-refractivity contribution >= 4 is 28.2 Å². The van der Waals surface area contributed by atoms with Crippen molar-refractivity contribution in [1.82, 2.24) is 0 Å². The third-order valence-corrected chi connectivity index (χ3v) is 9.67. The summed E-state index contributed by atoms with van der Waals surface area (Å²) in [6.45, 7) is 3.99. The molecule has 0 saturated carbocycles. The highest BCUT2D eigenvalue weighted by molar-refractivity contribution is 6.00. The second-order valence-electron chi connectivity index (χ2n) is 11.8. The van der Waals surface area contributed by atoms with Crippen LogP contribution in [-0.2, 0) is 5.41 Å². The van der Waals surface area contributed by atoms with E-state index in [1.54, 1.807) is 0 Å². The molecular weight excluding hydrogens is 530 g/mol. The Hall–Kier alpha value is -5.66. The lowest BCUT2D eigenvalue weighted by molar-refractivity contribution is 0.794. The lowest BCUT2D eigenvalue weighted by Crippen LogP contribution is -2.25. The quantitative estimate of drug-likeness (QED) is 0.226. The zero-order valence-electron chi connectivity index (χ0n) is 24.2. The van der Waals surface area contributed by atoms with Crippen molar-refractivity contribution in [2.45, 2.75) is 5.41 Å². The Balaban J connectivity index is 1.16. The van der Waals surface area contributed by atoms with Gasteiger partial charge in [-0.2, -0.15) is 0 Å². The Bertz CT molecular complexity index is 2210. The maximum Gasteiger partial charge on any atom is 0.0725 e. The third kappa shape index (κ3) is 3.35. The smallest absolute Gasteiger partial charge is 0.0725 e. The van der Waals surface area contributed by atoms with Gasteiger partial charge in [-0.3, -0.25) is 0 Å². The molecule has 0 atom stereocenters. The molecule has 0 heterocycles. The van der Waals surface area contributed by atoms with Gasteiger partial charge in [-0.05, 0) is 90.8 Å². The van der Waals surface area contributed by atoms with Crippen LogP contribution < -0.4 is 5.32 Å². The van der Waals surface area contributed by atoms with Crippen LogP contribution >= 0.6 is 0 Å². The molecule has 1 spiro atoms. The maximum atomic E-state index is 3.99. The van der Waals surface area contributed by atoms with E-state index < -0.39 is 0 Å². The fourth-order valence-electron chi connectivity index (χ4n) is 7.79. The first kappa shape index (κ1) is 24.9. The second kappa shape index (κ2) is 9.42. The number of hydrogen-bond acceptors (Lipinski definition) is 1. The van der Waals surface area contributed by atoms with E-state index in [1.807, 2.05) is 6.08 Å². The molecule has 7 aromatic rings. The summed E-state index contributed by atoms with van der Waals surface area (Å²) in [6.07, 6.45) is 1.92. The molecule has 2 aliphatic carbocycles. The van der Waals surface area contributed by atoms with Gasteiger partial charge in [0.05, 0.1) is 5.41 Å². The fourth-order valence-corrected chi connectivity index (χ4v) is 7.79. The van der Waals surface area contributed by atoms with Crippen molar-refractivity contribution in [1.29, 1.82) is 0 Å². The molecule has 1 N–H and O–H groups in total. The highest BCUT2D eigenvalue weighted by atomic mass is 14.9. The minimum atomic E-state index is -0.324. The monoisotopic (exact) mass is 559 g/mol. The summed E-state index contributed by atoms with van der Waals surface area (Å²) in [7, 11) is 0. The van der Waals surface area contributed by atoms with Crippen LogP contribution in [0.5, 0.6) is 0 Å². The van der Waals surface area contributed by atoms with E-state index in [-0.39, 0.29) is 5.41 Å². The van der Waals surface area contributed by atoms with Gasteiger partial charge >= 0.3 is 0 Å². The van der Waals surface area contributed by atoms with E-state index in [4.69, 9.17) is 0 Å². The van der Waals surface area contributed by atoms with E-state index in [0.29, 0.717) is 0 Å². The van der Waals surface area contributed by atoms with E-state index in [9.17, 15) is 0 Å². The number of nitrogens with one attached hydrogen (secondary N) is 1. The third-order valence-electron chi connectivity index (χ3n) is 9.67. The Morgan fingerprint density at radius 3 is 1.59 bits per heavy atom. The molecular formula is C43H29N. The number of anilines is 2. The molecule has 0 aliphatic heterocycles. The van der Waals surface area contributed by atoms with Gasteiger partial charge in [0.1, 0.15) is 0 Å². The standard InChI is InChI=1S/C43H29N/c1-2-28-22-26-42(37-15-4-3-11-32(28)37)44-31-23-19-29(20-24-31)30-21-25-36-35-14-7-10-18-40(35)43(41(36)27-30)38-16-8-5-12-33(38)34-13-6-9-17-39(34)43/h2-27,44H,1H2. The first-order valence-electron chi connectivity index (χ1n) is 15.2. The van der Waals surface area contributed by atoms with Crippen molar-refractivity contribution in [2.24, 2.45) is 0 Å². The van der Waals surface area contributed by atoms with Crippen molar-refractivity contribution in [3.05, 3.63) is 186 Å². The molecule has 9 rings (SSSR count). The molecule has 2 aliphatic rings. The zero-order chi connectivity index (χ0) is 29.3. The van der Waals surface area contributed by atoms with Crippen molar-refractivity contribution in [3.8, 4) is 33.4 Å². The minimum Gasteiger partial charge on any atom is -0.355 e. The highest BCUT2D eigenvalue weighted by Gasteiger charge is 2.51. The van der Waals surface area contributed by atoms with Crippen LogP contribution in [0.2, 0.25) is 0 Å². The molecule has 0 bridgehead atoms. The van der Waals surface area contributed by atoms with Gasteiger partial charge in [-0.15, -0.1) is 0 Å². The van der Waals surface area contributed by atoms with Gasteiger partial charge in [-0.1, -0.05) is 140 Å². The number of rotatable bonds is 4. The number of benzene rings is 7. The van der Waals surface area contributed by atoms with Crippen LogP contribution in [0, 0.1) is 0 Å². The summed E-state index contributed by atoms with van der Waals surface area (Å²) >= 11 is 0.